The summed E-state index contributed by atoms with van der Waals surface area (Å²) >= 11 is 0. The SMILES string of the molecule is CN=C(NCCC(=O)N(C)C)N1CCC2(CCC2)C1.I. The summed E-state index contributed by atoms with van der Waals surface area (Å²) in [6, 6.07) is 0. The van der Waals surface area contributed by atoms with Crippen molar-refractivity contribution in [1.29, 1.82) is 0 Å². The van der Waals surface area contributed by atoms with E-state index in [0.717, 1.165) is 19.0 Å². The number of nitrogens with zero attached hydrogens (tertiary/aromatic N) is 3. The quantitative estimate of drug-likeness (QED) is 0.449. The average molecular weight is 394 g/mol. The summed E-state index contributed by atoms with van der Waals surface area (Å²) in [4.78, 5) is 19.8. The number of halogens is 1. The van der Waals surface area contributed by atoms with Crippen LogP contribution < -0.4 is 5.32 Å². The number of guanidine groups is 1. The van der Waals surface area contributed by atoms with Crippen LogP contribution in [0.2, 0.25) is 0 Å². The maximum absolute atomic E-state index is 11.5. The smallest absolute Gasteiger partial charge is 0.223 e. The molecule has 1 spiro atoms. The summed E-state index contributed by atoms with van der Waals surface area (Å²) in [5, 5.41) is 3.31. The lowest BCUT2D eigenvalue weighted by Gasteiger charge is -2.38. The van der Waals surface area contributed by atoms with Gasteiger partial charge in [-0.2, -0.15) is 0 Å². The first-order chi connectivity index (χ1) is 9.06. The fourth-order valence-electron chi connectivity index (χ4n) is 3.04. The molecule has 1 aliphatic carbocycles. The molecule has 5 nitrogen and oxygen atoms in total. The number of carbonyl (C=O) groups is 1. The Kier molecular flexibility index (Phi) is 6.54. The van der Waals surface area contributed by atoms with Crippen molar-refractivity contribution >= 4 is 35.8 Å². The molecule has 1 saturated heterocycles. The number of rotatable bonds is 3. The van der Waals surface area contributed by atoms with Crippen molar-refractivity contribution in [3.8, 4) is 0 Å². The van der Waals surface area contributed by atoms with Gasteiger partial charge in [-0.15, -0.1) is 24.0 Å². The molecule has 1 saturated carbocycles. The van der Waals surface area contributed by atoms with Gasteiger partial charge in [-0.05, 0) is 24.7 Å². The summed E-state index contributed by atoms with van der Waals surface area (Å²) in [6.45, 7) is 2.89. The Hall–Kier alpha value is -0.530. The van der Waals surface area contributed by atoms with Crippen LogP contribution >= 0.6 is 24.0 Å². The van der Waals surface area contributed by atoms with Crippen molar-refractivity contribution in [3.05, 3.63) is 0 Å². The Morgan fingerprint density at radius 1 is 1.35 bits per heavy atom. The van der Waals surface area contributed by atoms with Crippen molar-refractivity contribution in [2.24, 2.45) is 10.4 Å². The molecule has 0 radical (unpaired) electrons. The third kappa shape index (κ3) is 3.99. The van der Waals surface area contributed by atoms with Gasteiger partial charge in [-0.25, -0.2) is 0 Å². The van der Waals surface area contributed by atoms with Crippen LogP contribution in [0, 0.1) is 5.41 Å². The Morgan fingerprint density at radius 2 is 2.05 bits per heavy atom. The van der Waals surface area contributed by atoms with Crippen molar-refractivity contribution in [1.82, 2.24) is 15.1 Å². The Balaban J connectivity index is 0.00000200. The van der Waals surface area contributed by atoms with Gasteiger partial charge >= 0.3 is 0 Å². The van der Waals surface area contributed by atoms with E-state index in [9.17, 15) is 4.79 Å². The van der Waals surface area contributed by atoms with Gasteiger partial charge in [0.15, 0.2) is 5.96 Å². The molecule has 2 fully saturated rings. The lowest BCUT2D eigenvalue weighted by atomic mass is 9.68. The minimum absolute atomic E-state index is 0. The van der Waals surface area contributed by atoms with Crippen LogP contribution in [0.5, 0.6) is 0 Å². The fourth-order valence-corrected chi connectivity index (χ4v) is 3.04. The second-order valence-corrected chi connectivity index (χ2v) is 6.04. The second-order valence-electron chi connectivity index (χ2n) is 6.04. The standard InChI is InChI=1S/C14H26N4O.HI/c1-15-13(16-9-5-12(19)17(2)3)18-10-8-14(11-18)6-4-7-14;/h4-11H2,1-3H3,(H,15,16);1H. The summed E-state index contributed by atoms with van der Waals surface area (Å²) < 4.78 is 0. The van der Waals surface area contributed by atoms with Crippen LogP contribution in [-0.2, 0) is 4.79 Å². The summed E-state index contributed by atoms with van der Waals surface area (Å²) in [5.74, 6) is 1.11. The second kappa shape index (κ2) is 7.47. The Morgan fingerprint density at radius 3 is 2.50 bits per heavy atom. The Bertz CT molecular complexity index is 366. The van der Waals surface area contributed by atoms with E-state index in [-0.39, 0.29) is 29.9 Å². The number of nitrogens with one attached hydrogen (secondary N) is 1. The molecule has 0 bridgehead atoms. The number of likely N-dealkylation sites (tertiary alicyclic amines) is 1. The van der Waals surface area contributed by atoms with Crippen LogP contribution in [0.1, 0.15) is 32.1 Å². The third-order valence-corrected chi connectivity index (χ3v) is 4.48. The zero-order valence-electron chi connectivity index (χ0n) is 12.8. The van der Waals surface area contributed by atoms with Crippen LogP contribution in [0.25, 0.3) is 0 Å². The fraction of sp³-hybridized carbons (Fsp3) is 0.857. The third-order valence-electron chi connectivity index (χ3n) is 4.48. The summed E-state index contributed by atoms with van der Waals surface area (Å²) in [6.07, 6.45) is 5.95. The molecule has 1 heterocycles. The van der Waals surface area contributed by atoms with Gasteiger partial charge < -0.3 is 15.1 Å². The van der Waals surface area contributed by atoms with Crippen molar-refractivity contribution in [2.45, 2.75) is 32.1 Å². The number of carbonyl (C=O) groups excluding carboxylic acids is 1. The van der Waals surface area contributed by atoms with Crippen LogP contribution in [0.15, 0.2) is 4.99 Å². The molecule has 2 aliphatic rings. The van der Waals surface area contributed by atoms with E-state index in [1.165, 1.54) is 25.7 Å². The topological polar surface area (TPSA) is 47.9 Å². The van der Waals surface area contributed by atoms with Gasteiger partial charge in [-0.3, -0.25) is 9.79 Å². The predicted molar refractivity (Wildman–Crippen MR) is 92.6 cm³/mol. The molecule has 0 aromatic carbocycles. The van der Waals surface area contributed by atoms with E-state index in [2.05, 4.69) is 15.2 Å². The van der Waals surface area contributed by atoms with E-state index >= 15 is 0 Å². The van der Waals surface area contributed by atoms with Crippen LogP contribution in [-0.4, -0.2) is 62.4 Å². The zero-order valence-corrected chi connectivity index (χ0v) is 15.1. The van der Waals surface area contributed by atoms with Crippen LogP contribution in [0.3, 0.4) is 0 Å². The van der Waals surface area contributed by atoms with E-state index in [1.54, 1.807) is 19.0 Å². The maximum Gasteiger partial charge on any atom is 0.223 e. The largest absolute Gasteiger partial charge is 0.356 e. The molecule has 1 aliphatic heterocycles. The zero-order chi connectivity index (χ0) is 13.9. The van der Waals surface area contributed by atoms with E-state index in [4.69, 9.17) is 0 Å². The molecule has 116 valence electrons. The number of hydrogen-bond donors (Lipinski definition) is 1. The highest BCUT2D eigenvalue weighted by molar-refractivity contribution is 14.0. The molecule has 0 aromatic rings. The van der Waals surface area contributed by atoms with Gasteiger partial charge in [0.2, 0.25) is 5.91 Å². The van der Waals surface area contributed by atoms with E-state index in [1.807, 2.05) is 7.05 Å². The van der Waals surface area contributed by atoms with Gasteiger partial charge in [0.25, 0.3) is 0 Å². The lowest BCUT2D eigenvalue weighted by Crippen LogP contribution is -2.43. The first-order valence-electron chi connectivity index (χ1n) is 7.22. The van der Waals surface area contributed by atoms with E-state index in [0.29, 0.717) is 18.4 Å². The van der Waals surface area contributed by atoms with Crippen molar-refractivity contribution < 1.29 is 4.79 Å². The van der Waals surface area contributed by atoms with Gasteiger partial charge in [-0.1, -0.05) is 6.42 Å². The molecule has 0 atom stereocenters. The highest BCUT2D eigenvalue weighted by atomic mass is 127. The van der Waals surface area contributed by atoms with Crippen molar-refractivity contribution in [2.75, 3.05) is 40.8 Å². The average Bonchev–Trinajstić information content (AvgIpc) is 2.79. The number of aliphatic imine (C=N–C) groups is 1. The normalized spacial score (nSPS) is 20.4. The minimum Gasteiger partial charge on any atom is -0.356 e. The Labute approximate surface area is 139 Å². The number of amides is 1. The summed E-state index contributed by atoms with van der Waals surface area (Å²) in [5.41, 5.74) is 0.580. The predicted octanol–water partition coefficient (Wildman–Crippen LogP) is 1.53. The lowest BCUT2D eigenvalue weighted by molar-refractivity contribution is -0.128. The van der Waals surface area contributed by atoms with Gasteiger partial charge in [0.05, 0.1) is 0 Å². The monoisotopic (exact) mass is 394 g/mol. The van der Waals surface area contributed by atoms with E-state index < -0.39 is 0 Å². The molecule has 2 rings (SSSR count). The minimum atomic E-state index is 0. The van der Waals surface area contributed by atoms with Gasteiger partial charge in [0, 0.05) is 47.2 Å². The molecule has 20 heavy (non-hydrogen) atoms. The molecule has 1 amide bonds. The molecular formula is C14H27IN4O. The van der Waals surface area contributed by atoms with Crippen LogP contribution in [0.4, 0.5) is 0 Å². The first-order valence-corrected chi connectivity index (χ1v) is 7.22. The highest BCUT2D eigenvalue weighted by Gasteiger charge is 2.43. The van der Waals surface area contributed by atoms with Crippen molar-refractivity contribution in [3.63, 3.8) is 0 Å². The molecule has 1 N–H and O–H groups in total. The summed E-state index contributed by atoms with van der Waals surface area (Å²) in [7, 11) is 5.40. The molecule has 0 aromatic heterocycles. The molecular weight excluding hydrogens is 367 g/mol. The van der Waals surface area contributed by atoms with Gasteiger partial charge in [0.1, 0.15) is 0 Å². The first kappa shape index (κ1) is 17.5. The molecule has 6 heteroatoms. The highest BCUT2D eigenvalue weighted by Crippen LogP contribution is 2.47. The maximum atomic E-state index is 11.5. The number of hydrogen-bond acceptors (Lipinski definition) is 2. The molecule has 0 unspecified atom stereocenters.